The Morgan fingerprint density at radius 3 is 2.60 bits per heavy atom. The van der Waals surface area contributed by atoms with Crippen LogP contribution in [0.5, 0.6) is 0 Å². The van der Waals surface area contributed by atoms with E-state index in [1.54, 1.807) is 0 Å². The standard InChI is InChI=1S/C15H30N2O3/c1-15(16-2,14(18)19-4)9-5-6-10-17(3)13-7-11-20-12-8-13/h13,16H,5-12H2,1-4H3. The van der Waals surface area contributed by atoms with Crippen LogP contribution in [0.1, 0.15) is 39.0 Å². The molecule has 1 atom stereocenters. The van der Waals surface area contributed by atoms with Crippen LogP contribution >= 0.6 is 0 Å². The van der Waals surface area contributed by atoms with Crippen LogP contribution in [-0.4, -0.2) is 63.4 Å². The molecule has 1 fully saturated rings. The lowest BCUT2D eigenvalue weighted by molar-refractivity contribution is -0.148. The molecule has 0 aliphatic carbocycles. The number of carbonyl (C=O) groups excluding carboxylic acids is 1. The van der Waals surface area contributed by atoms with Crippen LogP contribution in [0.4, 0.5) is 0 Å². The Labute approximate surface area is 123 Å². The van der Waals surface area contributed by atoms with Crippen molar-refractivity contribution in [3.05, 3.63) is 0 Å². The van der Waals surface area contributed by atoms with Gasteiger partial charge in [-0.1, -0.05) is 0 Å². The number of carbonyl (C=O) groups is 1. The zero-order chi connectivity index (χ0) is 15.0. The number of rotatable bonds is 8. The van der Waals surface area contributed by atoms with E-state index in [0.29, 0.717) is 6.04 Å². The van der Waals surface area contributed by atoms with E-state index in [1.807, 2.05) is 14.0 Å². The molecule has 1 aliphatic heterocycles. The molecular weight excluding hydrogens is 256 g/mol. The van der Waals surface area contributed by atoms with Crippen LogP contribution < -0.4 is 5.32 Å². The summed E-state index contributed by atoms with van der Waals surface area (Å²) >= 11 is 0. The van der Waals surface area contributed by atoms with Crippen LogP contribution in [0.25, 0.3) is 0 Å². The largest absolute Gasteiger partial charge is 0.468 e. The zero-order valence-electron chi connectivity index (χ0n) is 13.4. The van der Waals surface area contributed by atoms with Crippen molar-refractivity contribution in [1.82, 2.24) is 10.2 Å². The number of likely N-dealkylation sites (N-methyl/N-ethyl adjacent to an activating group) is 1. The summed E-state index contributed by atoms with van der Waals surface area (Å²) in [6.45, 7) is 4.75. The van der Waals surface area contributed by atoms with Crippen molar-refractivity contribution in [3.63, 3.8) is 0 Å². The van der Waals surface area contributed by atoms with Crippen molar-refractivity contribution in [3.8, 4) is 0 Å². The Balaban J connectivity index is 2.24. The quantitative estimate of drug-likeness (QED) is 0.540. The lowest BCUT2D eigenvalue weighted by Gasteiger charge is -2.31. The number of esters is 1. The summed E-state index contributed by atoms with van der Waals surface area (Å²) in [6, 6.07) is 0.653. The maximum absolute atomic E-state index is 11.7. The second-order valence-corrected chi connectivity index (χ2v) is 5.85. The first-order chi connectivity index (χ1) is 9.53. The predicted octanol–water partition coefficient (Wildman–Crippen LogP) is 1.42. The second kappa shape index (κ2) is 8.60. The maximum atomic E-state index is 11.7. The normalized spacial score (nSPS) is 19.9. The summed E-state index contributed by atoms with van der Waals surface area (Å²) in [5.41, 5.74) is -0.563. The van der Waals surface area contributed by atoms with Gasteiger partial charge in [-0.15, -0.1) is 0 Å². The van der Waals surface area contributed by atoms with Crippen molar-refractivity contribution >= 4 is 5.97 Å². The van der Waals surface area contributed by atoms with E-state index in [-0.39, 0.29) is 5.97 Å². The fourth-order valence-electron chi connectivity index (χ4n) is 2.70. The van der Waals surface area contributed by atoms with Crippen molar-refractivity contribution in [2.75, 3.05) is 41.0 Å². The molecule has 20 heavy (non-hydrogen) atoms. The molecule has 0 spiro atoms. The molecule has 0 aromatic heterocycles. The molecule has 1 N–H and O–H groups in total. The average Bonchev–Trinajstić information content (AvgIpc) is 2.51. The van der Waals surface area contributed by atoms with Crippen molar-refractivity contribution < 1.29 is 14.3 Å². The highest BCUT2D eigenvalue weighted by molar-refractivity contribution is 5.80. The summed E-state index contributed by atoms with van der Waals surface area (Å²) < 4.78 is 10.2. The van der Waals surface area contributed by atoms with E-state index >= 15 is 0 Å². The molecule has 5 nitrogen and oxygen atoms in total. The van der Waals surface area contributed by atoms with E-state index < -0.39 is 5.54 Å². The Morgan fingerprint density at radius 1 is 1.40 bits per heavy atom. The Kier molecular flexibility index (Phi) is 7.48. The van der Waals surface area contributed by atoms with Gasteiger partial charge in [0, 0.05) is 19.3 Å². The molecule has 1 rings (SSSR count). The first kappa shape index (κ1) is 17.4. The van der Waals surface area contributed by atoms with Crippen LogP contribution in [0.15, 0.2) is 0 Å². The van der Waals surface area contributed by atoms with Gasteiger partial charge >= 0.3 is 5.97 Å². The number of nitrogens with zero attached hydrogens (tertiary/aromatic N) is 1. The summed E-state index contributed by atoms with van der Waals surface area (Å²) in [7, 11) is 5.44. The average molecular weight is 286 g/mol. The van der Waals surface area contributed by atoms with E-state index in [0.717, 1.165) is 51.9 Å². The lowest BCUT2D eigenvalue weighted by Crippen LogP contribution is -2.48. The van der Waals surface area contributed by atoms with E-state index in [9.17, 15) is 4.79 Å². The van der Waals surface area contributed by atoms with Crippen molar-refractivity contribution in [2.45, 2.75) is 50.6 Å². The minimum absolute atomic E-state index is 0.183. The van der Waals surface area contributed by atoms with Gasteiger partial charge in [-0.2, -0.15) is 0 Å². The van der Waals surface area contributed by atoms with E-state index in [4.69, 9.17) is 9.47 Å². The van der Waals surface area contributed by atoms with Gasteiger partial charge in [0.05, 0.1) is 7.11 Å². The fraction of sp³-hybridized carbons (Fsp3) is 0.933. The smallest absolute Gasteiger partial charge is 0.325 e. The molecule has 0 amide bonds. The molecule has 1 unspecified atom stereocenters. The molecule has 118 valence electrons. The topological polar surface area (TPSA) is 50.8 Å². The summed E-state index contributed by atoms with van der Waals surface area (Å²) in [5, 5.41) is 3.08. The highest BCUT2D eigenvalue weighted by Gasteiger charge is 2.31. The third-order valence-corrected chi connectivity index (χ3v) is 4.44. The molecule has 1 saturated heterocycles. The molecule has 0 radical (unpaired) electrons. The highest BCUT2D eigenvalue weighted by atomic mass is 16.5. The van der Waals surface area contributed by atoms with Gasteiger partial charge in [-0.3, -0.25) is 4.79 Å². The van der Waals surface area contributed by atoms with Gasteiger partial charge in [-0.05, 0) is 59.7 Å². The molecule has 0 aromatic carbocycles. The molecule has 0 saturated carbocycles. The summed E-state index contributed by atoms with van der Waals surface area (Å²) in [4.78, 5) is 14.2. The fourth-order valence-corrected chi connectivity index (χ4v) is 2.70. The summed E-state index contributed by atoms with van der Waals surface area (Å²) in [5.74, 6) is -0.183. The Hall–Kier alpha value is -0.650. The second-order valence-electron chi connectivity index (χ2n) is 5.85. The first-order valence-corrected chi connectivity index (χ1v) is 7.59. The Bertz CT molecular complexity index is 293. The van der Waals surface area contributed by atoms with Gasteiger partial charge in [0.15, 0.2) is 0 Å². The van der Waals surface area contributed by atoms with Gasteiger partial charge in [0.1, 0.15) is 5.54 Å². The molecule has 0 aromatic rings. The molecular formula is C15H30N2O3. The van der Waals surface area contributed by atoms with Crippen LogP contribution in [-0.2, 0) is 14.3 Å². The monoisotopic (exact) mass is 286 g/mol. The highest BCUT2D eigenvalue weighted by Crippen LogP contribution is 2.17. The van der Waals surface area contributed by atoms with Crippen LogP contribution in [0.3, 0.4) is 0 Å². The predicted molar refractivity (Wildman–Crippen MR) is 79.8 cm³/mol. The summed E-state index contributed by atoms with van der Waals surface area (Å²) in [6.07, 6.45) is 5.18. The molecule has 1 heterocycles. The van der Waals surface area contributed by atoms with Gasteiger partial charge < -0.3 is 19.7 Å². The number of unbranched alkanes of at least 4 members (excludes halogenated alkanes) is 1. The zero-order valence-corrected chi connectivity index (χ0v) is 13.4. The third-order valence-electron chi connectivity index (χ3n) is 4.44. The maximum Gasteiger partial charge on any atom is 0.325 e. The minimum Gasteiger partial charge on any atom is -0.468 e. The van der Waals surface area contributed by atoms with Crippen molar-refractivity contribution in [2.24, 2.45) is 0 Å². The van der Waals surface area contributed by atoms with Crippen LogP contribution in [0, 0.1) is 0 Å². The third kappa shape index (κ3) is 5.04. The van der Waals surface area contributed by atoms with E-state index in [1.165, 1.54) is 7.11 Å². The number of ether oxygens (including phenoxy) is 2. The van der Waals surface area contributed by atoms with Gasteiger partial charge in [-0.25, -0.2) is 0 Å². The number of methoxy groups -OCH3 is 1. The minimum atomic E-state index is -0.563. The van der Waals surface area contributed by atoms with E-state index in [2.05, 4.69) is 17.3 Å². The molecule has 5 heteroatoms. The lowest BCUT2D eigenvalue weighted by atomic mass is 9.95. The number of nitrogens with one attached hydrogen (secondary N) is 1. The number of hydrogen-bond acceptors (Lipinski definition) is 5. The first-order valence-electron chi connectivity index (χ1n) is 7.59. The SMILES string of the molecule is CNC(C)(CCCCN(C)C1CCOCC1)C(=O)OC. The van der Waals surface area contributed by atoms with Crippen LogP contribution in [0.2, 0.25) is 0 Å². The number of hydrogen-bond donors (Lipinski definition) is 1. The molecule has 1 aliphatic rings. The van der Waals surface area contributed by atoms with Gasteiger partial charge in [0.2, 0.25) is 0 Å². The molecule has 0 bridgehead atoms. The van der Waals surface area contributed by atoms with Crippen molar-refractivity contribution in [1.29, 1.82) is 0 Å². The van der Waals surface area contributed by atoms with Gasteiger partial charge in [0.25, 0.3) is 0 Å². The Morgan fingerprint density at radius 2 is 2.05 bits per heavy atom.